The van der Waals surface area contributed by atoms with Crippen LogP contribution in [0.15, 0.2) is 0 Å². The van der Waals surface area contributed by atoms with Gasteiger partial charge in [0.15, 0.2) is 0 Å². The van der Waals surface area contributed by atoms with Gasteiger partial charge < -0.3 is 5.11 Å². The average Bonchev–Trinajstić information content (AvgIpc) is 1.41. The van der Waals surface area contributed by atoms with Gasteiger partial charge in [0.05, 0.1) is 0 Å². The molecule has 0 bridgehead atoms. The van der Waals surface area contributed by atoms with Crippen LogP contribution in [0.2, 0.25) is 0 Å². The molecule has 0 unspecified atom stereocenters. The summed E-state index contributed by atoms with van der Waals surface area (Å²) in [7, 11) is 0. The van der Waals surface area contributed by atoms with Gasteiger partial charge >= 0.3 is 0 Å². The summed E-state index contributed by atoms with van der Waals surface area (Å²) in [5.74, 6) is 0. The molecular formula is C4H10HeO. The van der Waals surface area contributed by atoms with E-state index < -0.39 is 0 Å². The molecular weight excluding hydrogens is 68.0 g/mol. The van der Waals surface area contributed by atoms with Crippen molar-refractivity contribution in [2.24, 2.45) is 0 Å². The predicted octanol–water partition coefficient (Wildman–Crippen LogP) is 0.779. The molecule has 0 atom stereocenters. The van der Waals surface area contributed by atoms with Crippen molar-refractivity contribution in [3.8, 4) is 0 Å². The Hall–Kier alpha value is -0.131. The van der Waals surface area contributed by atoms with E-state index in [9.17, 15) is 0 Å². The molecule has 0 amide bonds. The van der Waals surface area contributed by atoms with Gasteiger partial charge in [-0.1, -0.05) is 13.3 Å². The second kappa shape index (κ2) is 8.85. The topological polar surface area (TPSA) is 20.2 Å². The number of hydrogen-bond acceptors (Lipinski definition) is 1. The second-order valence-electron chi connectivity index (χ2n) is 1.08. The van der Waals surface area contributed by atoms with Crippen molar-refractivity contribution in [3.63, 3.8) is 0 Å². The maximum absolute atomic E-state index is 8.07. The van der Waals surface area contributed by atoms with Crippen LogP contribution in [0, 0.1) is 6.15 Å². The van der Waals surface area contributed by atoms with Gasteiger partial charge in [0.2, 0.25) is 0 Å². The van der Waals surface area contributed by atoms with Gasteiger partial charge in [-0.2, -0.15) is 0 Å². The minimum atomic E-state index is 0. The summed E-state index contributed by atoms with van der Waals surface area (Å²) in [5, 5.41) is 8.07. The fourth-order valence-electron chi connectivity index (χ4n) is 0.158. The molecule has 34 valence electrons. The Labute approximate surface area is 38.8 Å². The average molecular weight is 78.1 g/mol. The van der Waals surface area contributed by atoms with E-state index in [1.807, 2.05) is 0 Å². The molecule has 0 aliphatic rings. The summed E-state index contributed by atoms with van der Waals surface area (Å²) in [4.78, 5) is 0. The van der Waals surface area contributed by atoms with Crippen LogP contribution >= 0.6 is 0 Å². The number of aliphatic hydroxyl groups is 1. The molecule has 0 fully saturated rings. The normalized spacial score (nSPS) is 7.00. The molecule has 0 aliphatic heterocycles. The largest absolute Gasteiger partial charge is 0.396 e. The summed E-state index contributed by atoms with van der Waals surface area (Å²) in [6, 6.07) is 0. The molecule has 0 aromatic carbocycles. The zero-order chi connectivity index (χ0) is 4.12. The predicted molar refractivity (Wildman–Crippen MR) is 22.0 cm³/mol. The smallest absolute Gasteiger partial charge is 0.0430 e. The van der Waals surface area contributed by atoms with Crippen LogP contribution in [0.4, 0.5) is 0 Å². The first kappa shape index (κ1) is 9.29. The van der Waals surface area contributed by atoms with E-state index in [2.05, 4.69) is 6.92 Å². The van der Waals surface area contributed by atoms with Gasteiger partial charge in [0.1, 0.15) is 0 Å². The fraction of sp³-hybridized carbons (Fsp3) is 1.00. The van der Waals surface area contributed by atoms with E-state index in [0.717, 1.165) is 12.8 Å². The number of rotatable bonds is 2. The molecule has 1 nitrogen and oxygen atoms in total. The monoisotopic (exact) mass is 78.1 g/mol. The van der Waals surface area contributed by atoms with E-state index in [-0.39, 0.29) is 6.15 Å². The maximum Gasteiger partial charge on any atom is 0.0430 e. The van der Waals surface area contributed by atoms with Crippen molar-refractivity contribution in [1.29, 1.82) is 0 Å². The third-order valence-electron chi connectivity index (χ3n) is 0.512. The standard InChI is InChI=1S/C4H10O.He/c1-2-3-4-5;/h5H,2-4H2,1H3;. The van der Waals surface area contributed by atoms with Crippen LogP contribution in [-0.4, -0.2) is 11.7 Å². The first-order valence-corrected chi connectivity index (χ1v) is 2.02. The van der Waals surface area contributed by atoms with Crippen LogP contribution in [-0.2, 0) is 0 Å². The molecule has 0 aromatic heterocycles. The number of hydrogen-bond donors (Lipinski definition) is 1. The van der Waals surface area contributed by atoms with E-state index in [1.54, 1.807) is 0 Å². The van der Waals surface area contributed by atoms with Gasteiger partial charge in [-0.15, -0.1) is 0 Å². The zero-order valence-electron chi connectivity index (χ0n) is 4.28. The molecule has 0 aliphatic carbocycles. The molecule has 1 N–H and O–H groups in total. The SMILES string of the molecule is CCCCO.[He]. The third kappa shape index (κ3) is 9.12. The maximum atomic E-state index is 8.07. The minimum Gasteiger partial charge on any atom is -0.396 e. The summed E-state index contributed by atoms with van der Waals surface area (Å²) in [6.07, 6.45) is 2.04. The Balaban J connectivity index is 0. The van der Waals surface area contributed by atoms with E-state index in [0.29, 0.717) is 6.61 Å². The molecule has 0 spiro atoms. The van der Waals surface area contributed by atoms with Crippen LogP contribution in [0.25, 0.3) is 0 Å². The molecule has 0 aromatic rings. The molecule has 0 saturated heterocycles. The molecule has 6 heavy (non-hydrogen) atoms. The van der Waals surface area contributed by atoms with Gasteiger partial charge in [0, 0.05) is 12.8 Å². The van der Waals surface area contributed by atoms with Crippen LogP contribution in [0.1, 0.15) is 19.8 Å². The second-order valence-corrected chi connectivity index (χ2v) is 1.08. The van der Waals surface area contributed by atoms with Crippen LogP contribution in [0.5, 0.6) is 0 Å². The quantitative estimate of drug-likeness (QED) is 0.517. The van der Waals surface area contributed by atoms with E-state index >= 15 is 0 Å². The van der Waals surface area contributed by atoms with Gasteiger partial charge in [-0.05, 0) is 6.42 Å². The Kier molecular flexibility index (Phi) is 13.7. The van der Waals surface area contributed by atoms with Crippen molar-refractivity contribution in [2.45, 2.75) is 19.8 Å². The van der Waals surface area contributed by atoms with Crippen molar-refractivity contribution in [3.05, 3.63) is 0 Å². The Morgan fingerprint density at radius 1 is 1.50 bits per heavy atom. The first-order valence-electron chi connectivity index (χ1n) is 2.02. The fourth-order valence-corrected chi connectivity index (χ4v) is 0.158. The van der Waals surface area contributed by atoms with Crippen LogP contribution in [0.3, 0.4) is 0 Å². The van der Waals surface area contributed by atoms with Crippen molar-refractivity contribution in [1.82, 2.24) is 0 Å². The number of unbranched alkanes of at least 4 members (excludes halogenated alkanes) is 1. The van der Waals surface area contributed by atoms with E-state index in [1.165, 1.54) is 0 Å². The van der Waals surface area contributed by atoms with Gasteiger partial charge in [-0.25, -0.2) is 0 Å². The molecule has 0 heterocycles. The van der Waals surface area contributed by atoms with E-state index in [4.69, 9.17) is 5.11 Å². The summed E-state index contributed by atoms with van der Waals surface area (Å²) >= 11 is 0. The third-order valence-corrected chi connectivity index (χ3v) is 0.512. The number of aliphatic hydroxyl groups excluding tert-OH is 1. The van der Waals surface area contributed by atoms with Gasteiger partial charge in [0.25, 0.3) is 0 Å². The molecule has 0 radical (unpaired) electrons. The molecule has 0 rings (SSSR count). The minimum absolute atomic E-state index is 0. The van der Waals surface area contributed by atoms with Gasteiger partial charge in [-0.3, -0.25) is 0 Å². The Morgan fingerprint density at radius 2 is 2.00 bits per heavy atom. The molecule has 0 saturated carbocycles. The van der Waals surface area contributed by atoms with Crippen molar-refractivity contribution in [2.75, 3.05) is 6.61 Å². The zero-order valence-corrected chi connectivity index (χ0v) is 4.28. The van der Waals surface area contributed by atoms with Crippen LogP contribution < -0.4 is 0 Å². The Bertz CT molecular complexity index is 15.0. The summed E-state index contributed by atoms with van der Waals surface area (Å²) in [6.45, 7) is 2.40. The Morgan fingerprint density at radius 3 is 2.00 bits per heavy atom. The molecule has 2 heteroatoms. The summed E-state index contributed by atoms with van der Waals surface area (Å²) < 4.78 is 0. The first-order chi connectivity index (χ1) is 2.41. The van der Waals surface area contributed by atoms with Crippen molar-refractivity contribution < 1.29 is 11.3 Å². The van der Waals surface area contributed by atoms with Crippen molar-refractivity contribution >= 4 is 0 Å². The summed E-state index contributed by atoms with van der Waals surface area (Å²) in [5.41, 5.74) is 0.